The van der Waals surface area contributed by atoms with Gasteiger partial charge in [0.05, 0.1) is 0 Å². The summed E-state index contributed by atoms with van der Waals surface area (Å²) in [5.41, 5.74) is 3.13. The van der Waals surface area contributed by atoms with Crippen LogP contribution in [0.4, 0.5) is 5.69 Å². The summed E-state index contributed by atoms with van der Waals surface area (Å²) in [5.74, 6) is 4.35. The molecule has 1 aliphatic rings. The van der Waals surface area contributed by atoms with Crippen molar-refractivity contribution in [3.05, 3.63) is 30.3 Å². The van der Waals surface area contributed by atoms with Gasteiger partial charge in [0.15, 0.2) is 0 Å². The number of rotatable bonds is 3. The first-order valence-electron chi connectivity index (χ1n) is 6.28. The lowest BCUT2D eigenvalue weighted by atomic mass is 10.2. The Bertz CT molecular complexity index is 441. The van der Waals surface area contributed by atoms with Gasteiger partial charge in [-0.1, -0.05) is 18.2 Å². The van der Waals surface area contributed by atoms with Crippen molar-refractivity contribution in [1.29, 1.82) is 0 Å². The highest BCUT2D eigenvalue weighted by molar-refractivity contribution is 5.96. The first kappa shape index (κ1) is 13.4. The lowest BCUT2D eigenvalue weighted by molar-refractivity contribution is -0.136. The van der Waals surface area contributed by atoms with E-state index in [0.29, 0.717) is 13.1 Å². The van der Waals surface area contributed by atoms with Gasteiger partial charge < -0.3 is 9.80 Å². The maximum absolute atomic E-state index is 11.8. The number of para-hydroxylation sites is 1. The average Bonchev–Trinajstić information content (AvgIpc) is 2.48. The van der Waals surface area contributed by atoms with E-state index in [4.69, 9.17) is 5.84 Å². The fourth-order valence-electron chi connectivity index (χ4n) is 2.15. The molecule has 0 aromatic heterocycles. The Labute approximate surface area is 112 Å². The molecular weight excluding hydrogens is 244 g/mol. The van der Waals surface area contributed by atoms with Crippen LogP contribution in [0.2, 0.25) is 0 Å². The van der Waals surface area contributed by atoms with Gasteiger partial charge in [-0.3, -0.25) is 15.0 Å². The van der Waals surface area contributed by atoms with Gasteiger partial charge in [0, 0.05) is 31.9 Å². The second-order valence-electron chi connectivity index (χ2n) is 4.45. The summed E-state index contributed by atoms with van der Waals surface area (Å²) in [4.78, 5) is 26.8. The van der Waals surface area contributed by atoms with Gasteiger partial charge in [0.1, 0.15) is 6.42 Å². The van der Waals surface area contributed by atoms with Gasteiger partial charge in [0.2, 0.25) is 11.8 Å². The van der Waals surface area contributed by atoms with Gasteiger partial charge in [-0.05, 0) is 12.1 Å². The fourth-order valence-corrected chi connectivity index (χ4v) is 2.15. The van der Waals surface area contributed by atoms with Crippen LogP contribution >= 0.6 is 0 Å². The average molecular weight is 262 g/mol. The molecule has 6 heteroatoms. The topological polar surface area (TPSA) is 78.7 Å². The van der Waals surface area contributed by atoms with E-state index in [-0.39, 0.29) is 12.3 Å². The molecule has 102 valence electrons. The Morgan fingerprint density at radius 3 is 2.32 bits per heavy atom. The molecule has 0 saturated carbocycles. The number of hydrogen-bond acceptors (Lipinski definition) is 4. The molecule has 0 atom stereocenters. The van der Waals surface area contributed by atoms with E-state index in [1.807, 2.05) is 23.6 Å². The summed E-state index contributed by atoms with van der Waals surface area (Å²) in [6, 6.07) is 10.1. The lowest BCUT2D eigenvalue weighted by Gasteiger charge is -2.36. The molecule has 1 aliphatic heterocycles. The van der Waals surface area contributed by atoms with Crippen LogP contribution in [0.25, 0.3) is 0 Å². The third-order valence-electron chi connectivity index (χ3n) is 3.23. The molecule has 3 N–H and O–H groups in total. The summed E-state index contributed by atoms with van der Waals surface area (Å²) < 4.78 is 0. The smallest absolute Gasteiger partial charge is 0.243 e. The number of benzene rings is 1. The Morgan fingerprint density at radius 1 is 1.11 bits per heavy atom. The number of hydrazine groups is 1. The van der Waals surface area contributed by atoms with Crippen LogP contribution in [0.15, 0.2) is 30.3 Å². The minimum atomic E-state index is -0.449. The number of hydrogen-bond donors (Lipinski definition) is 2. The number of amides is 2. The van der Waals surface area contributed by atoms with Crippen LogP contribution in [0.1, 0.15) is 6.42 Å². The zero-order chi connectivity index (χ0) is 13.7. The highest BCUT2D eigenvalue weighted by Crippen LogP contribution is 2.15. The maximum Gasteiger partial charge on any atom is 0.243 e. The van der Waals surface area contributed by atoms with Crippen molar-refractivity contribution in [2.45, 2.75) is 6.42 Å². The van der Waals surface area contributed by atoms with E-state index < -0.39 is 5.91 Å². The van der Waals surface area contributed by atoms with Gasteiger partial charge in [-0.15, -0.1) is 0 Å². The monoisotopic (exact) mass is 262 g/mol. The molecular formula is C13H18N4O2. The zero-order valence-electron chi connectivity index (χ0n) is 10.7. The molecule has 0 radical (unpaired) electrons. The number of carbonyl (C=O) groups is 2. The second kappa shape index (κ2) is 6.19. The number of carbonyl (C=O) groups excluding carboxylic acids is 2. The van der Waals surface area contributed by atoms with E-state index in [2.05, 4.69) is 17.0 Å². The van der Waals surface area contributed by atoms with E-state index in [9.17, 15) is 9.59 Å². The van der Waals surface area contributed by atoms with Gasteiger partial charge >= 0.3 is 0 Å². The van der Waals surface area contributed by atoms with E-state index in [1.165, 1.54) is 0 Å². The molecule has 1 fully saturated rings. The maximum atomic E-state index is 11.8. The molecule has 0 unspecified atom stereocenters. The zero-order valence-corrected chi connectivity index (χ0v) is 10.7. The third kappa shape index (κ3) is 3.45. The van der Waals surface area contributed by atoms with Crippen LogP contribution < -0.4 is 16.2 Å². The molecule has 1 heterocycles. The minimum absolute atomic E-state index is 0.171. The molecule has 0 spiro atoms. The summed E-state index contributed by atoms with van der Waals surface area (Å²) in [7, 11) is 0. The normalized spacial score (nSPS) is 15.2. The largest absolute Gasteiger partial charge is 0.368 e. The first-order chi connectivity index (χ1) is 9.20. The highest BCUT2D eigenvalue weighted by atomic mass is 16.2. The Kier molecular flexibility index (Phi) is 4.35. The van der Waals surface area contributed by atoms with Crippen molar-refractivity contribution in [1.82, 2.24) is 10.3 Å². The molecule has 2 amide bonds. The van der Waals surface area contributed by atoms with Crippen molar-refractivity contribution in [3.63, 3.8) is 0 Å². The molecule has 1 aromatic carbocycles. The molecule has 6 nitrogen and oxygen atoms in total. The number of nitrogens with one attached hydrogen (secondary N) is 1. The predicted octanol–water partition coefficient (Wildman–Crippen LogP) is -0.285. The van der Waals surface area contributed by atoms with Crippen LogP contribution in [0, 0.1) is 0 Å². The quantitative estimate of drug-likeness (QED) is 0.340. The highest BCUT2D eigenvalue weighted by Gasteiger charge is 2.22. The van der Waals surface area contributed by atoms with Crippen molar-refractivity contribution >= 4 is 17.5 Å². The summed E-state index contributed by atoms with van der Waals surface area (Å²) >= 11 is 0. The molecule has 1 saturated heterocycles. The number of nitrogens with two attached hydrogens (primary N) is 1. The van der Waals surface area contributed by atoms with Crippen LogP contribution in [-0.2, 0) is 9.59 Å². The summed E-state index contributed by atoms with van der Waals surface area (Å²) in [6.45, 7) is 2.82. The van der Waals surface area contributed by atoms with Gasteiger partial charge in [-0.2, -0.15) is 0 Å². The molecule has 0 aliphatic carbocycles. The van der Waals surface area contributed by atoms with Crippen LogP contribution in [-0.4, -0.2) is 42.9 Å². The minimum Gasteiger partial charge on any atom is -0.368 e. The van der Waals surface area contributed by atoms with Gasteiger partial charge in [0.25, 0.3) is 0 Å². The molecule has 0 bridgehead atoms. The second-order valence-corrected chi connectivity index (χ2v) is 4.45. The Hall–Kier alpha value is -2.08. The van der Waals surface area contributed by atoms with Crippen molar-refractivity contribution in [3.8, 4) is 0 Å². The SMILES string of the molecule is NNC(=O)CC(=O)N1CCN(c2ccccc2)CC1. The Balaban J connectivity index is 1.86. The van der Waals surface area contributed by atoms with Crippen LogP contribution in [0.3, 0.4) is 0 Å². The van der Waals surface area contributed by atoms with E-state index in [1.54, 1.807) is 4.90 Å². The summed E-state index contributed by atoms with van der Waals surface area (Å²) in [6.07, 6.45) is -0.179. The predicted molar refractivity (Wildman–Crippen MR) is 72.2 cm³/mol. The van der Waals surface area contributed by atoms with Crippen LogP contribution in [0.5, 0.6) is 0 Å². The third-order valence-corrected chi connectivity index (χ3v) is 3.23. The number of nitrogens with zero attached hydrogens (tertiary/aromatic N) is 2. The summed E-state index contributed by atoms with van der Waals surface area (Å²) in [5, 5.41) is 0. The molecule has 19 heavy (non-hydrogen) atoms. The number of anilines is 1. The van der Waals surface area contributed by atoms with Crippen molar-refractivity contribution in [2.24, 2.45) is 5.84 Å². The van der Waals surface area contributed by atoms with E-state index in [0.717, 1.165) is 18.8 Å². The van der Waals surface area contributed by atoms with E-state index >= 15 is 0 Å². The van der Waals surface area contributed by atoms with Crippen molar-refractivity contribution in [2.75, 3.05) is 31.1 Å². The lowest BCUT2D eigenvalue weighted by Crippen LogP contribution is -2.49. The fraction of sp³-hybridized carbons (Fsp3) is 0.385. The molecule has 1 aromatic rings. The first-order valence-corrected chi connectivity index (χ1v) is 6.28. The van der Waals surface area contributed by atoms with Crippen molar-refractivity contribution < 1.29 is 9.59 Å². The Morgan fingerprint density at radius 2 is 1.74 bits per heavy atom. The number of piperazine rings is 1. The standard InChI is InChI=1S/C13H18N4O2/c14-15-12(18)10-13(19)17-8-6-16(7-9-17)11-4-2-1-3-5-11/h1-5H,6-10,14H2,(H,15,18). The molecule has 2 rings (SSSR count). The van der Waals surface area contributed by atoms with Gasteiger partial charge in [-0.25, -0.2) is 5.84 Å².